The summed E-state index contributed by atoms with van der Waals surface area (Å²) in [4.78, 5) is 35.7. The van der Waals surface area contributed by atoms with Gasteiger partial charge >= 0.3 is 6.03 Å². The summed E-state index contributed by atoms with van der Waals surface area (Å²) < 4.78 is 0. The Bertz CT molecular complexity index is 597. The summed E-state index contributed by atoms with van der Waals surface area (Å²) in [6, 6.07) is 5.93. The molecule has 1 saturated heterocycles. The van der Waals surface area contributed by atoms with Crippen molar-refractivity contribution in [3.8, 4) is 0 Å². The molecule has 1 aliphatic heterocycles. The number of carbonyl (C=O) groups excluding carboxylic acids is 3. The Morgan fingerprint density at radius 1 is 1.30 bits per heavy atom. The number of urea groups is 1. The topological polar surface area (TPSA) is 78.5 Å². The van der Waals surface area contributed by atoms with E-state index < -0.39 is 0 Å². The third-order valence-electron chi connectivity index (χ3n) is 3.94. The highest BCUT2D eigenvalue weighted by Gasteiger charge is 2.27. The van der Waals surface area contributed by atoms with E-state index in [9.17, 15) is 14.4 Å². The lowest BCUT2D eigenvalue weighted by molar-refractivity contribution is -0.126. The van der Waals surface area contributed by atoms with Crippen molar-refractivity contribution in [2.24, 2.45) is 0 Å². The average molecular weight is 317 g/mol. The van der Waals surface area contributed by atoms with Crippen molar-refractivity contribution in [3.05, 3.63) is 34.9 Å². The fraction of sp³-hybridized carbons (Fsp3) is 0.471. The van der Waals surface area contributed by atoms with Crippen molar-refractivity contribution in [2.75, 3.05) is 19.6 Å². The predicted octanol–water partition coefficient (Wildman–Crippen LogP) is 1.29. The number of benzene rings is 1. The number of nitrogens with one attached hydrogen (secondary N) is 2. The van der Waals surface area contributed by atoms with Crippen LogP contribution in [0.1, 0.15) is 29.5 Å². The summed E-state index contributed by atoms with van der Waals surface area (Å²) in [6.45, 7) is 5.06. The van der Waals surface area contributed by atoms with Crippen LogP contribution in [0, 0.1) is 13.8 Å². The van der Waals surface area contributed by atoms with Crippen LogP contribution in [-0.2, 0) is 16.0 Å². The SMILES string of the molecule is Cc1ccc(CCNC(=O)CCCN2C(=O)CNC2=O)c(C)c1. The third kappa shape index (κ3) is 4.81. The van der Waals surface area contributed by atoms with Gasteiger partial charge in [0.1, 0.15) is 0 Å². The summed E-state index contributed by atoms with van der Waals surface area (Å²) >= 11 is 0. The van der Waals surface area contributed by atoms with Gasteiger partial charge in [0.25, 0.3) is 0 Å². The van der Waals surface area contributed by atoms with Crippen LogP contribution in [0.25, 0.3) is 0 Å². The molecule has 1 heterocycles. The summed E-state index contributed by atoms with van der Waals surface area (Å²) in [5.74, 6) is -0.285. The number of rotatable bonds is 7. The molecule has 0 bridgehead atoms. The molecule has 1 fully saturated rings. The maximum absolute atomic E-state index is 11.8. The van der Waals surface area contributed by atoms with E-state index in [1.165, 1.54) is 16.7 Å². The van der Waals surface area contributed by atoms with E-state index in [2.05, 4.69) is 42.7 Å². The molecule has 1 aromatic carbocycles. The van der Waals surface area contributed by atoms with Crippen LogP contribution in [0.15, 0.2) is 18.2 Å². The van der Waals surface area contributed by atoms with Gasteiger partial charge in [0.15, 0.2) is 0 Å². The van der Waals surface area contributed by atoms with Gasteiger partial charge in [-0.05, 0) is 37.8 Å². The van der Waals surface area contributed by atoms with Crippen molar-refractivity contribution in [3.63, 3.8) is 0 Å². The van der Waals surface area contributed by atoms with Gasteiger partial charge in [-0.15, -0.1) is 0 Å². The second kappa shape index (κ2) is 7.76. The van der Waals surface area contributed by atoms with E-state index in [1.807, 2.05) is 0 Å². The monoisotopic (exact) mass is 317 g/mol. The molecule has 0 atom stereocenters. The van der Waals surface area contributed by atoms with E-state index in [4.69, 9.17) is 0 Å². The van der Waals surface area contributed by atoms with E-state index in [1.54, 1.807) is 0 Å². The van der Waals surface area contributed by atoms with E-state index in [0.29, 0.717) is 19.4 Å². The van der Waals surface area contributed by atoms with E-state index in [-0.39, 0.29) is 30.9 Å². The molecule has 4 amide bonds. The minimum atomic E-state index is -0.370. The van der Waals surface area contributed by atoms with Crippen LogP contribution in [0.5, 0.6) is 0 Å². The Morgan fingerprint density at radius 2 is 2.09 bits per heavy atom. The molecule has 2 rings (SSSR count). The van der Waals surface area contributed by atoms with E-state index >= 15 is 0 Å². The Labute approximate surface area is 136 Å². The first kappa shape index (κ1) is 17.0. The number of carbonyl (C=O) groups is 3. The lowest BCUT2D eigenvalue weighted by atomic mass is 10.0. The maximum atomic E-state index is 11.8. The molecule has 2 N–H and O–H groups in total. The molecule has 0 radical (unpaired) electrons. The fourth-order valence-corrected chi connectivity index (χ4v) is 2.63. The second-order valence-electron chi connectivity index (χ2n) is 5.84. The maximum Gasteiger partial charge on any atom is 0.324 e. The average Bonchev–Trinajstić information content (AvgIpc) is 2.81. The number of imide groups is 1. The molecule has 124 valence electrons. The quantitative estimate of drug-likeness (QED) is 0.744. The Morgan fingerprint density at radius 3 is 2.74 bits per heavy atom. The zero-order valence-electron chi connectivity index (χ0n) is 13.6. The van der Waals surface area contributed by atoms with Crippen LogP contribution in [0.2, 0.25) is 0 Å². The van der Waals surface area contributed by atoms with Crippen molar-refractivity contribution < 1.29 is 14.4 Å². The Hall–Kier alpha value is -2.37. The first-order valence-corrected chi connectivity index (χ1v) is 7.88. The lowest BCUT2D eigenvalue weighted by Gasteiger charge is -2.12. The van der Waals surface area contributed by atoms with Gasteiger partial charge in [-0.1, -0.05) is 23.8 Å². The molecule has 0 aromatic heterocycles. The van der Waals surface area contributed by atoms with Crippen LogP contribution in [0.3, 0.4) is 0 Å². The molecule has 23 heavy (non-hydrogen) atoms. The number of amides is 4. The molecule has 0 spiro atoms. The molecule has 6 heteroatoms. The summed E-state index contributed by atoms with van der Waals surface area (Å²) in [7, 11) is 0. The minimum Gasteiger partial charge on any atom is -0.356 e. The number of hydrogen-bond donors (Lipinski definition) is 2. The lowest BCUT2D eigenvalue weighted by Crippen LogP contribution is -2.33. The Kier molecular flexibility index (Phi) is 5.73. The minimum absolute atomic E-state index is 0.0539. The predicted molar refractivity (Wildman–Crippen MR) is 87.0 cm³/mol. The molecule has 6 nitrogen and oxygen atoms in total. The smallest absolute Gasteiger partial charge is 0.324 e. The standard InChI is InChI=1S/C17H23N3O3/c1-12-5-6-14(13(2)10-12)7-8-18-15(21)4-3-9-20-16(22)11-19-17(20)23/h5-6,10H,3-4,7-9,11H2,1-2H3,(H,18,21)(H,19,23). The van der Waals surface area contributed by atoms with E-state index in [0.717, 1.165) is 11.3 Å². The van der Waals surface area contributed by atoms with Gasteiger partial charge in [-0.3, -0.25) is 14.5 Å². The van der Waals surface area contributed by atoms with Gasteiger partial charge in [0, 0.05) is 19.5 Å². The second-order valence-corrected chi connectivity index (χ2v) is 5.84. The molecular weight excluding hydrogens is 294 g/mol. The summed E-state index contributed by atoms with van der Waals surface area (Å²) in [6.07, 6.45) is 1.59. The van der Waals surface area contributed by atoms with Gasteiger partial charge in [-0.2, -0.15) is 0 Å². The van der Waals surface area contributed by atoms with Gasteiger partial charge in [0.05, 0.1) is 6.54 Å². The number of hydrogen-bond acceptors (Lipinski definition) is 3. The van der Waals surface area contributed by atoms with Crippen LogP contribution >= 0.6 is 0 Å². The van der Waals surface area contributed by atoms with Gasteiger partial charge < -0.3 is 10.6 Å². The van der Waals surface area contributed by atoms with Crippen molar-refractivity contribution in [1.29, 1.82) is 0 Å². The number of nitrogens with zero attached hydrogens (tertiary/aromatic N) is 1. The van der Waals surface area contributed by atoms with Gasteiger partial charge in [0.2, 0.25) is 11.8 Å². The van der Waals surface area contributed by atoms with Crippen LogP contribution in [0.4, 0.5) is 4.79 Å². The van der Waals surface area contributed by atoms with Gasteiger partial charge in [-0.25, -0.2) is 4.79 Å². The highest BCUT2D eigenvalue weighted by molar-refractivity contribution is 6.01. The highest BCUT2D eigenvalue weighted by atomic mass is 16.2. The third-order valence-corrected chi connectivity index (χ3v) is 3.94. The van der Waals surface area contributed by atoms with Crippen molar-refractivity contribution in [1.82, 2.24) is 15.5 Å². The van der Waals surface area contributed by atoms with Crippen LogP contribution in [-0.4, -0.2) is 42.4 Å². The summed E-state index contributed by atoms with van der Waals surface area (Å²) in [5.41, 5.74) is 3.70. The molecule has 0 saturated carbocycles. The molecule has 1 aliphatic rings. The van der Waals surface area contributed by atoms with Crippen molar-refractivity contribution >= 4 is 17.8 Å². The zero-order chi connectivity index (χ0) is 16.8. The zero-order valence-corrected chi connectivity index (χ0v) is 13.6. The van der Waals surface area contributed by atoms with Crippen LogP contribution < -0.4 is 10.6 Å². The number of aryl methyl sites for hydroxylation is 2. The molecule has 0 unspecified atom stereocenters. The highest BCUT2D eigenvalue weighted by Crippen LogP contribution is 2.10. The van der Waals surface area contributed by atoms with Crippen molar-refractivity contribution in [2.45, 2.75) is 33.1 Å². The summed E-state index contributed by atoms with van der Waals surface area (Å²) in [5, 5.41) is 5.33. The first-order chi connectivity index (χ1) is 11.0. The normalized spacial score (nSPS) is 14.1. The Balaban J connectivity index is 1.65. The molecular formula is C17H23N3O3. The largest absolute Gasteiger partial charge is 0.356 e. The molecule has 0 aliphatic carbocycles. The fourth-order valence-electron chi connectivity index (χ4n) is 2.63. The first-order valence-electron chi connectivity index (χ1n) is 7.88. The molecule has 1 aromatic rings.